The number of carbonyl (C=O) groups excluding carboxylic acids is 1. The van der Waals surface area contributed by atoms with Crippen LogP contribution in [0.5, 0.6) is 0 Å². The Kier molecular flexibility index (Phi) is 5.46. The fraction of sp³-hybridized carbons (Fsp3) is 0.400. The lowest BCUT2D eigenvalue weighted by Gasteiger charge is -2.14. The molecule has 9 heteroatoms. The number of nitrogens with zero attached hydrogens (tertiary/aromatic N) is 4. The van der Waals surface area contributed by atoms with Crippen molar-refractivity contribution < 1.29 is 9.53 Å². The lowest BCUT2D eigenvalue weighted by molar-refractivity contribution is 0.0981. The molecule has 1 saturated carbocycles. The van der Waals surface area contributed by atoms with Crippen LogP contribution in [0.3, 0.4) is 0 Å². The molecule has 0 bridgehead atoms. The van der Waals surface area contributed by atoms with Gasteiger partial charge in [-0.3, -0.25) is 5.10 Å². The van der Waals surface area contributed by atoms with Gasteiger partial charge in [0.1, 0.15) is 6.10 Å². The Morgan fingerprint density at radius 3 is 2.97 bits per heavy atom. The number of amides is 1. The zero-order valence-corrected chi connectivity index (χ0v) is 16.5. The van der Waals surface area contributed by atoms with E-state index in [1.807, 2.05) is 44.3 Å². The lowest BCUT2D eigenvalue weighted by Crippen LogP contribution is -2.33. The van der Waals surface area contributed by atoms with E-state index in [9.17, 15) is 4.79 Å². The summed E-state index contributed by atoms with van der Waals surface area (Å²) in [7, 11) is 0. The zero-order chi connectivity index (χ0) is 20.2. The number of nitrogens with one attached hydrogen (secondary N) is 3. The van der Waals surface area contributed by atoms with Crippen molar-refractivity contribution in [1.82, 2.24) is 30.3 Å². The number of aromatic nitrogens is 5. The molecule has 0 aliphatic heterocycles. The number of hydrogen-bond donors (Lipinski definition) is 3. The van der Waals surface area contributed by atoms with E-state index in [-0.39, 0.29) is 18.2 Å². The molecule has 2 atom stereocenters. The molecule has 3 N–H and O–H groups in total. The topological polar surface area (TPSA) is 110 Å². The van der Waals surface area contributed by atoms with Crippen molar-refractivity contribution in [3.63, 3.8) is 0 Å². The van der Waals surface area contributed by atoms with Gasteiger partial charge in [-0.25, -0.2) is 14.5 Å². The molecule has 4 rings (SSSR count). The molecule has 1 amide bonds. The number of alkyl carbamates (subject to hydrolysis) is 1. The molecule has 3 heterocycles. The highest BCUT2D eigenvalue weighted by Gasteiger charge is 2.30. The van der Waals surface area contributed by atoms with Gasteiger partial charge in [0.2, 0.25) is 0 Å². The minimum absolute atomic E-state index is 0.0579. The number of carbonyl (C=O) groups is 1. The van der Waals surface area contributed by atoms with Gasteiger partial charge in [0.15, 0.2) is 11.6 Å². The fourth-order valence-electron chi connectivity index (χ4n) is 3.51. The molecule has 29 heavy (non-hydrogen) atoms. The summed E-state index contributed by atoms with van der Waals surface area (Å²) in [6, 6.07) is 7.76. The Hall–Kier alpha value is -3.36. The second kappa shape index (κ2) is 8.34. The summed E-state index contributed by atoms with van der Waals surface area (Å²) in [5, 5.41) is 17.6. The predicted octanol–water partition coefficient (Wildman–Crippen LogP) is 3.50. The second-order valence-corrected chi connectivity index (χ2v) is 7.53. The maximum Gasteiger partial charge on any atom is 0.407 e. The van der Waals surface area contributed by atoms with E-state index in [0.717, 1.165) is 42.3 Å². The number of ether oxygens (including phenoxy) is 1. The average Bonchev–Trinajstić information content (AvgIpc) is 3.43. The van der Waals surface area contributed by atoms with Gasteiger partial charge in [0, 0.05) is 36.1 Å². The van der Waals surface area contributed by atoms with Crippen LogP contribution in [0.1, 0.15) is 44.7 Å². The lowest BCUT2D eigenvalue weighted by atomic mass is 10.0. The van der Waals surface area contributed by atoms with Gasteiger partial charge in [0.05, 0.1) is 11.9 Å². The summed E-state index contributed by atoms with van der Waals surface area (Å²) in [5.41, 5.74) is 1.89. The van der Waals surface area contributed by atoms with E-state index in [1.54, 1.807) is 17.1 Å². The van der Waals surface area contributed by atoms with Gasteiger partial charge in [-0.2, -0.15) is 10.2 Å². The molecule has 1 fully saturated rings. The third-order valence-electron chi connectivity index (χ3n) is 4.86. The van der Waals surface area contributed by atoms with E-state index in [0.29, 0.717) is 5.92 Å². The summed E-state index contributed by atoms with van der Waals surface area (Å²) in [5.74, 6) is 1.78. The van der Waals surface area contributed by atoms with Crippen molar-refractivity contribution in [1.29, 1.82) is 0 Å². The van der Waals surface area contributed by atoms with E-state index >= 15 is 0 Å². The third kappa shape index (κ3) is 4.74. The molecule has 1 aliphatic carbocycles. The predicted molar refractivity (Wildman–Crippen MR) is 108 cm³/mol. The number of hydrogen-bond acceptors (Lipinski definition) is 6. The fourth-order valence-corrected chi connectivity index (χ4v) is 3.51. The van der Waals surface area contributed by atoms with E-state index in [4.69, 9.17) is 4.74 Å². The standard InChI is InChI=1S/C20H25N7O2/c1-13(2)23-20(28)29-16-6-4-14(10-16)17-11-18(26-25-17)24-15-5-7-19(21-12-15)27-9-3-8-22-27/h3,5,7-9,11-14,16H,4,6,10H2,1-2H3,(H,23,28)(H2,24,25,26)/t14-,16+/m0/s1. The number of pyridine rings is 1. The summed E-state index contributed by atoms with van der Waals surface area (Å²) < 4.78 is 7.21. The van der Waals surface area contributed by atoms with Crippen molar-refractivity contribution in [2.45, 2.75) is 51.2 Å². The first-order chi connectivity index (χ1) is 14.1. The van der Waals surface area contributed by atoms with Crippen molar-refractivity contribution in [2.24, 2.45) is 0 Å². The normalized spacial score (nSPS) is 18.7. The van der Waals surface area contributed by atoms with Crippen LogP contribution in [0.25, 0.3) is 5.82 Å². The molecule has 0 saturated heterocycles. The van der Waals surface area contributed by atoms with Crippen molar-refractivity contribution in [3.05, 3.63) is 48.5 Å². The van der Waals surface area contributed by atoms with Crippen LogP contribution in [0, 0.1) is 0 Å². The molecule has 0 spiro atoms. The molecule has 9 nitrogen and oxygen atoms in total. The van der Waals surface area contributed by atoms with Gasteiger partial charge in [-0.1, -0.05) is 0 Å². The Labute approximate surface area is 168 Å². The first-order valence-corrected chi connectivity index (χ1v) is 9.82. The van der Waals surface area contributed by atoms with Crippen molar-refractivity contribution >= 4 is 17.6 Å². The maximum absolute atomic E-state index is 11.8. The number of H-pyrrole nitrogens is 1. The van der Waals surface area contributed by atoms with Crippen LogP contribution in [-0.2, 0) is 4.74 Å². The summed E-state index contributed by atoms with van der Waals surface area (Å²) >= 11 is 0. The smallest absolute Gasteiger partial charge is 0.407 e. The first-order valence-electron chi connectivity index (χ1n) is 9.82. The van der Waals surface area contributed by atoms with Gasteiger partial charge in [-0.15, -0.1) is 0 Å². The first kappa shape index (κ1) is 19.0. The highest BCUT2D eigenvalue weighted by molar-refractivity contribution is 5.67. The molecule has 0 radical (unpaired) electrons. The highest BCUT2D eigenvalue weighted by Crippen LogP contribution is 2.36. The summed E-state index contributed by atoms with van der Waals surface area (Å²) in [6.07, 6.45) is 7.53. The van der Waals surface area contributed by atoms with Gasteiger partial charge in [0.25, 0.3) is 0 Å². The van der Waals surface area contributed by atoms with Gasteiger partial charge in [-0.05, 0) is 51.3 Å². The van der Waals surface area contributed by atoms with E-state index in [1.165, 1.54) is 0 Å². The van der Waals surface area contributed by atoms with Crippen LogP contribution in [0.4, 0.5) is 16.3 Å². The van der Waals surface area contributed by atoms with E-state index in [2.05, 4.69) is 30.9 Å². The Bertz CT molecular complexity index is 934. The molecule has 0 aromatic carbocycles. The Morgan fingerprint density at radius 1 is 1.34 bits per heavy atom. The highest BCUT2D eigenvalue weighted by atomic mass is 16.6. The third-order valence-corrected chi connectivity index (χ3v) is 4.86. The van der Waals surface area contributed by atoms with Gasteiger partial charge < -0.3 is 15.4 Å². The van der Waals surface area contributed by atoms with E-state index < -0.39 is 0 Å². The van der Waals surface area contributed by atoms with Crippen LogP contribution in [0.15, 0.2) is 42.9 Å². The number of rotatable bonds is 6. The molecule has 0 unspecified atom stereocenters. The zero-order valence-electron chi connectivity index (χ0n) is 16.5. The molecule has 152 valence electrons. The molecular weight excluding hydrogens is 370 g/mol. The summed E-state index contributed by atoms with van der Waals surface area (Å²) in [6.45, 7) is 3.83. The Morgan fingerprint density at radius 2 is 2.24 bits per heavy atom. The van der Waals surface area contributed by atoms with Crippen molar-refractivity contribution in [2.75, 3.05) is 5.32 Å². The minimum Gasteiger partial charge on any atom is -0.446 e. The van der Waals surface area contributed by atoms with Crippen LogP contribution in [0.2, 0.25) is 0 Å². The average molecular weight is 395 g/mol. The minimum atomic E-state index is -0.344. The largest absolute Gasteiger partial charge is 0.446 e. The quantitative estimate of drug-likeness (QED) is 0.589. The molecule has 3 aromatic heterocycles. The summed E-state index contributed by atoms with van der Waals surface area (Å²) in [4.78, 5) is 16.2. The molecular formula is C20H25N7O2. The molecule has 3 aromatic rings. The monoisotopic (exact) mass is 395 g/mol. The maximum atomic E-state index is 11.8. The van der Waals surface area contributed by atoms with Crippen molar-refractivity contribution in [3.8, 4) is 5.82 Å². The van der Waals surface area contributed by atoms with Crippen LogP contribution in [-0.4, -0.2) is 43.2 Å². The van der Waals surface area contributed by atoms with Gasteiger partial charge >= 0.3 is 6.09 Å². The Balaban J connectivity index is 1.32. The number of aromatic amines is 1. The SMILES string of the molecule is CC(C)NC(=O)O[C@@H]1CC[C@H](c2cc(Nc3ccc(-n4cccn4)nc3)n[nH]2)C1. The van der Waals surface area contributed by atoms with Crippen LogP contribution < -0.4 is 10.6 Å². The molecule has 1 aliphatic rings. The number of anilines is 2. The second-order valence-electron chi connectivity index (χ2n) is 7.53. The van der Waals surface area contributed by atoms with Crippen LogP contribution >= 0.6 is 0 Å².